The smallest absolute Gasteiger partial charge is 0.194 e. The Balaban J connectivity index is 0.00000240. The number of aliphatic imine (C=N–C) groups is 1. The van der Waals surface area contributed by atoms with Crippen molar-refractivity contribution >= 4 is 35.8 Å². The Morgan fingerprint density at radius 2 is 2.03 bits per heavy atom. The van der Waals surface area contributed by atoms with Gasteiger partial charge in [-0.15, -0.1) is 24.0 Å². The summed E-state index contributed by atoms with van der Waals surface area (Å²) in [6.45, 7) is 11.9. The molecule has 3 saturated heterocycles. The van der Waals surface area contributed by atoms with E-state index in [1.165, 1.54) is 12.8 Å². The summed E-state index contributed by atoms with van der Waals surface area (Å²) in [5.41, 5.74) is 1.51. The number of likely N-dealkylation sites (N-methyl/N-ethyl adjacent to an activating group) is 1. The number of likely N-dealkylation sites (tertiary alicyclic amines) is 1. The molecule has 1 N–H and O–H groups in total. The Labute approximate surface area is 191 Å². The zero-order valence-electron chi connectivity index (χ0n) is 17.8. The zero-order chi connectivity index (χ0) is 19.4. The first-order chi connectivity index (χ1) is 13.7. The summed E-state index contributed by atoms with van der Waals surface area (Å²) >= 11 is 0. The molecule has 3 fully saturated rings. The maximum absolute atomic E-state index is 5.66. The maximum atomic E-state index is 5.66. The first-order valence-corrected chi connectivity index (χ1v) is 10.7. The van der Waals surface area contributed by atoms with Crippen LogP contribution in [0.5, 0.6) is 0 Å². The van der Waals surface area contributed by atoms with Crippen LogP contribution >= 0.6 is 24.0 Å². The highest BCUT2D eigenvalue weighted by Crippen LogP contribution is 2.38. The molecule has 0 bridgehead atoms. The Hall–Kier alpha value is -1.13. The molecule has 3 aliphatic heterocycles. The molecule has 0 aromatic carbocycles. The molecule has 0 radical (unpaired) electrons. The highest BCUT2D eigenvalue weighted by atomic mass is 127. The van der Waals surface area contributed by atoms with E-state index in [0.29, 0.717) is 12.0 Å². The second-order valence-electron chi connectivity index (χ2n) is 8.46. The topological polar surface area (TPSA) is 56.2 Å². The zero-order valence-corrected chi connectivity index (χ0v) is 20.1. The van der Waals surface area contributed by atoms with E-state index in [4.69, 9.17) is 14.7 Å². The van der Waals surface area contributed by atoms with Crippen LogP contribution < -0.4 is 10.2 Å². The van der Waals surface area contributed by atoms with Gasteiger partial charge in [0.05, 0.1) is 13.2 Å². The van der Waals surface area contributed by atoms with Gasteiger partial charge in [-0.2, -0.15) is 0 Å². The van der Waals surface area contributed by atoms with Crippen molar-refractivity contribution < 1.29 is 4.74 Å². The van der Waals surface area contributed by atoms with Gasteiger partial charge in [0, 0.05) is 64.0 Å². The second kappa shape index (κ2) is 10.3. The van der Waals surface area contributed by atoms with Crippen molar-refractivity contribution in [2.24, 2.45) is 10.4 Å². The largest absolute Gasteiger partial charge is 0.381 e. The van der Waals surface area contributed by atoms with Gasteiger partial charge in [0.15, 0.2) is 5.96 Å². The lowest BCUT2D eigenvalue weighted by Crippen LogP contribution is -2.44. The van der Waals surface area contributed by atoms with Gasteiger partial charge in [-0.3, -0.25) is 0 Å². The summed E-state index contributed by atoms with van der Waals surface area (Å²) in [7, 11) is 2.18. The Morgan fingerprint density at radius 1 is 1.21 bits per heavy atom. The second-order valence-corrected chi connectivity index (χ2v) is 8.46. The van der Waals surface area contributed by atoms with Crippen LogP contribution in [-0.4, -0.2) is 86.8 Å². The van der Waals surface area contributed by atoms with Gasteiger partial charge in [0.2, 0.25) is 0 Å². The van der Waals surface area contributed by atoms with E-state index >= 15 is 0 Å². The van der Waals surface area contributed by atoms with Crippen molar-refractivity contribution in [3.63, 3.8) is 0 Å². The van der Waals surface area contributed by atoms with Gasteiger partial charge in [-0.1, -0.05) is 6.07 Å². The van der Waals surface area contributed by atoms with Crippen molar-refractivity contribution in [2.75, 3.05) is 71.0 Å². The van der Waals surface area contributed by atoms with E-state index in [1.807, 2.05) is 6.20 Å². The summed E-state index contributed by atoms with van der Waals surface area (Å²) < 4.78 is 5.66. The van der Waals surface area contributed by atoms with Crippen molar-refractivity contribution in [2.45, 2.75) is 26.3 Å². The summed E-state index contributed by atoms with van der Waals surface area (Å²) in [4.78, 5) is 16.7. The summed E-state index contributed by atoms with van der Waals surface area (Å²) in [5.74, 6) is 2.10. The number of ether oxygens (including phenoxy) is 1. The van der Waals surface area contributed by atoms with Gasteiger partial charge < -0.3 is 24.8 Å². The predicted molar refractivity (Wildman–Crippen MR) is 128 cm³/mol. The highest BCUT2D eigenvalue weighted by Gasteiger charge is 2.42. The monoisotopic (exact) mass is 514 g/mol. The fraction of sp³-hybridized carbons (Fsp3) is 0.714. The molecule has 4 heterocycles. The minimum Gasteiger partial charge on any atom is -0.381 e. The normalized spacial score (nSPS) is 25.5. The molecular formula is C21H35IN6O. The molecular weight excluding hydrogens is 479 g/mol. The van der Waals surface area contributed by atoms with Crippen LogP contribution in [0.2, 0.25) is 0 Å². The number of aromatic nitrogens is 1. The van der Waals surface area contributed by atoms with Gasteiger partial charge in [0.25, 0.3) is 0 Å². The number of halogens is 1. The molecule has 1 aromatic rings. The van der Waals surface area contributed by atoms with Gasteiger partial charge in [0.1, 0.15) is 5.82 Å². The number of rotatable bonds is 4. The highest BCUT2D eigenvalue weighted by molar-refractivity contribution is 14.0. The van der Waals surface area contributed by atoms with Crippen molar-refractivity contribution in [3.8, 4) is 0 Å². The summed E-state index contributed by atoms with van der Waals surface area (Å²) in [6, 6.07) is 4.31. The van der Waals surface area contributed by atoms with Crippen LogP contribution in [0.25, 0.3) is 0 Å². The third kappa shape index (κ3) is 5.52. The average molecular weight is 514 g/mol. The summed E-state index contributed by atoms with van der Waals surface area (Å²) in [6.07, 6.45) is 4.37. The number of nitrogens with zero attached hydrogens (tertiary/aromatic N) is 5. The van der Waals surface area contributed by atoms with Crippen molar-refractivity contribution in [1.82, 2.24) is 20.1 Å². The molecule has 8 heteroatoms. The third-order valence-electron chi connectivity index (χ3n) is 6.31. The number of hydrogen-bond donors (Lipinski definition) is 1. The minimum absolute atomic E-state index is 0. The number of pyridine rings is 1. The molecule has 162 valence electrons. The van der Waals surface area contributed by atoms with Crippen molar-refractivity contribution in [1.29, 1.82) is 0 Å². The molecule has 29 heavy (non-hydrogen) atoms. The van der Waals surface area contributed by atoms with Crippen LogP contribution in [0.15, 0.2) is 23.3 Å². The lowest BCUT2D eigenvalue weighted by Gasteiger charge is -2.33. The molecule has 7 nitrogen and oxygen atoms in total. The predicted octanol–water partition coefficient (Wildman–Crippen LogP) is 2.03. The van der Waals surface area contributed by atoms with Crippen LogP contribution in [0.3, 0.4) is 0 Å². The maximum Gasteiger partial charge on any atom is 0.194 e. The van der Waals surface area contributed by atoms with Crippen LogP contribution in [0, 0.1) is 5.41 Å². The third-order valence-corrected chi connectivity index (χ3v) is 6.31. The van der Waals surface area contributed by atoms with Crippen LogP contribution in [-0.2, 0) is 11.3 Å². The molecule has 1 unspecified atom stereocenters. The standard InChI is InChI=1S/C21H34N6O.HI/c1-3-22-20(27-8-6-21(16-27)7-13-28-17-21)24-15-18-4-5-19(23-14-18)26-11-9-25(2)10-12-26;/h4-5,14H,3,6-13,15-17H2,1-2H3,(H,22,24);1H. The van der Waals surface area contributed by atoms with E-state index in [-0.39, 0.29) is 24.0 Å². The van der Waals surface area contributed by atoms with Gasteiger partial charge >= 0.3 is 0 Å². The first-order valence-electron chi connectivity index (χ1n) is 10.7. The molecule has 0 amide bonds. The summed E-state index contributed by atoms with van der Waals surface area (Å²) in [5, 5.41) is 3.47. The molecule has 1 atom stereocenters. The van der Waals surface area contributed by atoms with E-state index in [1.54, 1.807) is 0 Å². The average Bonchev–Trinajstić information content (AvgIpc) is 3.36. The van der Waals surface area contributed by atoms with E-state index < -0.39 is 0 Å². The number of piperazine rings is 1. The Morgan fingerprint density at radius 3 is 2.69 bits per heavy atom. The van der Waals surface area contributed by atoms with E-state index in [9.17, 15) is 0 Å². The molecule has 0 saturated carbocycles. The fourth-order valence-electron chi connectivity index (χ4n) is 4.41. The van der Waals surface area contributed by atoms with Gasteiger partial charge in [-0.05, 0) is 38.4 Å². The number of anilines is 1. The molecule has 4 rings (SSSR count). The Bertz CT molecular complexity index is 668. The lowest BCUT2D eigenvalue weighted by molar-refractivity contribution is 0.156. The SMILES string of the molecule is CCNC(=NCc1ccc(N2CCN(C)CC2)nc1)N1CCC2(CCOC2)C1.I. The van der Waals surface area contributed by atoms with E-state index in [0.717, 1.165) is 76.4 Å². The van der Waals surface area contributed by atoms with E-state index in [2.05, 4.69) is 46.1 Å². The van der Waals surface area contributed by atoms with Crippen molar-refractivity contribution in [3.05, 3.63) is 23.9 Å². The minimum atomic E-state index is 0. The molecule has 1 aromatic heterocycles. The molecule has 1 spiro atoms. The number of hydrogen-bond acceptors (Lipinski definition) is 5. The van der Waals surface area contributed by atoms with Crippen LogP contribution in [0.4, 0.5) is 5.82 Å². The molecule has 3 aliphatic rings. The van der Waals surface area contributed by atoms with Gasteiger partial charge in [-0.25, -0.2) is 9.98 Å². The Kier molecular flexibility index (Phi) is 7.98. The fourth-order valence-corrected chi connectivity index (χ4v) is 4.41. The quantitative estimate of drug-likeness (QED) is 0.377. The van der Waals surface area contributed by atoms with Crippen LogP contribution in [0.1, 0.15) is 25.3 Å². The molecule has 0 aliphatic carbocycles. The number of nitrogens with one attached hydrogen (secondary N) is 1. The number of guanidine groups is 1. The lowest BCUT2D eigenvalue weighted by atomic mass is 9.87. The first kappa shape index (κ1) is 22.6.